The van der Waals surface area contributed by atoms with E-state index in [4.69, 9.17) is 18.9 Å². The average Bonchev–Trinajstić information content (AvgIpc) is 3.43. The molecule has 2 amide bonds. The number of hydrazone groups is 2. The molecule has 0 aliphatic rings. The standard InChI is InChI=1S/C25H28N6O6/c1-14(18-9-7-16(34-3)11-20(18)36-5)28-30-24(32)22-23(27-13-26-22)25(33)31-29-15(2)19-10-8-17(35-4)12-21(19)37-6/h7-13H,1-6H3,(H,26,27)(H,30,32)(H,31,33)/b28-14-,29-15+. The SMILES string of the molecule is COc1ccc(/C(C)=N\NC(=O)c2[nH]cnc2C(=O)N/N=C(\C)c2ccc(OC)cc2OC)c(OC)c1. The molecule has 0 aliphatic heterocycles. The van der Waals surface area contributed by atoms with E-state index < -0.39 is 11.8 Å². The molecule has 12 nitrogen and oxygen atoms in total. The van der Waals surface area contributed by atoms with Crippen LogP contribution in [-0.4, -0.2) is 61.6 Å². The van der Waals surface area contributed by atoms with E-state index in [0.717, 1.165) is 0 Å². The zero-order valence-corrected chi connectivity index (χ0v) is 21.3. The predicted molar refractivity (Wildman–Crippen MR) is 137 cm³/mol. The van der Waals surface area contributed by atoms with E-state index in [-0.39, 0.29) is 11.4 Å². The van der Waals surface area contributed by atoms with Gasteiger partial charge in [-0.05, 0) is 38.1 Å². The number of nitrogens with zero attached hydrogens (tertiary/aromatic N) is 3. The Kier molecular flexibility index (Phi) is 8.81. The molecule has 0 saturated carbocycles. The van der Waals surface area contributed by atoms with E-state index in [9.17, 15) is 9.59 Å². The van der Waals surface area contributed by atoms with Crippen molar-refractivity contribution in [2.24, 2.45) is 10.2 Å². The first-order valence-corrected chi connectivity index (χ1v) is 11.0. The molecule has 3 aromatic rings. The van der Waals surface area contributed by atoms with Gasteiger partial charge in [-0.25, -0.2) is 15.8 Å². The molecule has 0 atom stereocenters. The molecule has 2 aromatic carbocycles. The van der Waals surface area contributed by atoms with Crippen molar-refractivity contribution in [1.82, 2.24) is 20.8 Å². The van der Waals surface area contributed by atoms with E-state index in [2.05, 4.69) is 31.0 Å². The summed E-state index contributed by atoms with van der Waals surface area (Å²) in [5.41, 5.74) is 6.87. The van der Waals surface area contributed by atoms with Crippen LogP contribution in [0.15, 0.2) is 52.9 Å². The van der Waals surface area contributed by atoms with Gasteiger partial charge in [0.25, 0.3) is 11.8 Å². The van der Waals surface area contributed by atoms with Gasteiger partial charge in [0.05, 0.1) is 46.2 Å². The van der Waals surface area contributed by atoms with Crippen LogP contribution in [-0.2, 0) is 0 Å². The molecular formula is C25H28N6O6. The summed E-state index contributed by atoms with van der Waals surface area (Å²) in [6.07, 6.45) is 1.23. The summed E-state index contributed by atoms with van der Waals surface area (Å²) in [5, 5.41) is 8.25. The zero-order chi connectivity index (χ0) is 26.9. The molecule has 37 heavy (non-hydrogen) atoms. The maximum Gasteiger partial charge on any atom is 0.292 e. The minimum atomic E-state index is -0.684. The fraction of sp³-hybridized carbons (Fsp3) is 0.240. The molecule has 1 aromatic heterocycles. The van der Waals surface area contributed by atoms with E-state index >= 15 is 0 Å². The number of aromatic nitrogens is 2. The number of nitrogens with one attached hydrogen (secondary N) is 3. The number of carbonyl (C=O) groups is 2. The van der Waals surface area contributed by atoms with Crippen LogP contribution in [0.2, 0.25) is 0 Å². The van der Waals surface area contributed by atoms with Gasteiger partial charge >= 0.3 is 0 Å². The number of ether oxygens (including phenoxy) is 4. The van der Waals surface area contributed by atoms with E-state index in [1.165, 1.54) is 20.5 Å². The van der Waals surface area contributed by atoms with Gasteiger partial charge in [0.1, 0.15) is 28.7 Å². The highest BCUT2D eigenvalue weighted by atomic mass is 16.5. The number of methoxy groups -OCH3 is 4. The molecule has 0 spiro atoms. The number of amides is 2. The second-order valence-electron chi connectivity index (χ2n) is 7.53. The Balaban J connectivity index is 1.73. The molecule has 0 fully saturated rings. The summed E-state index contributed by atoms with van der Waals surface area (Å²) in [6.45, 7) is 3.41. The Morgan fingerprint density at radius 2 is 1.24 bits per heavy atom. The Hall–Kier alpha value is -4.87. The first-order chi connectivity index (χ1) is 17.8. The lowest BCUT2D eigenvalue weighted by Gasteiger charge is -2.10. The minimum absolute atomic E-state index is 0.0781. The Labute approximate surface area is 213 Å². The fourth-order valence-corrected chi connectivity index (χ4v) is 3.33. The van der Waals surface area contributed by atoms with Crippen molar-refractivity contribution >= 4 is 23.2 Å². The number of aromatic amines is 1. The highest BCUT2D eigenvalue weighted by Crippen LogP contribution is 2.26. The van der Waals surface area contributed by atoms with Crippen LogP contribution in [0.4, 0.5) is 0 Å². The van der Waals surface area contributed by atoms with Crippen molar-refractivity contribution in [3.05, 3.63) is 65.2 Å². The first kappa shape index (κ1) is 26.7. The Morgan fingerprint density at radius 1 is 0.757 bits per heavy atom. The Bertz CT molecular complexity index is 1250. The lowest BCUT2D eigenvalue weighted by atomic mass is 10.1. The van der Waals surface area contributed by atoms with E-state index in [1.807, 2.05) is 0 Å². The van der Waals surface area contributed by atoms with Gasteiger partial charge in [-0.15, -0.1) is 0 Å². The number of imidazole rings is 1. The van der Waals surface area contributed by atoms with Gasteiger partial charge in [-0.3, -0.25) is 9.59 Å². The van der Waals surface area contributed by atoms with Crippen LogP contribution in [0, 0.1) is 0 Å². The molecule has 1 heterocycles. The molecule has 3 rings (SSSR count). The molecule has 0 unspecified atom stereocenters. The first-order valence-electron chi connectivity index (χ1n) is 11.0. The summed E-state index contributed by atoms with van der Waals surface area (Å²) < 4.78 is 21.1. The van der Waals surface area contributed by atoms with Gasteiger partial charge in [0.15, 0.2) is 5.69 Å². The molecule has 194 valence electrons. The third-order valence-corrected chi connectivity index (χ3v) is 5.33. The highest BCUT2D eigenvalue weighted by molar-refractivity contribution is 6.07. The second-order valence-corrected chi connectivity index (χ2v) is 7.53. The quantitative estimate of drug-likeness (QED) is 0.282. The molecule has 0 saturated heterocycles. The molecule has 3 N–H and O–H groups in total. The minimum Gasteiger partial charge on any atom is -0.497 e. The van der Waals surface area contributed by atoms with Crippen LogP contribution in [0.5, 0.6) is 23.0 Å². The lowest BCUT2D eigenvalue weighted by Crippen LogP contribution is -2.26. The Morgan fingerprint density at radius 3 is 1.70 bits per heavy atom. The number of rotatable bonds is 10. The second kappa shape index (κ2) is 12.2. The van der Waals surface area contributed by atoms with Gasteiger partial charge in [0, 0.05) is 23.3 Å². The van der Waals surface area contributed by atoms with Gasteiger partial charge in [-0.1, -0.05) is 0 Å². The normalized spacial score (nSPS) is 11.5. The monoisotopic (exact) mass is 508 g/mol. The van der Waals surface area contributed by atoms with Crippen molar-refractivity contribution in [1.29, 1.82) is 0 Å². The summed E-state index contributed by atoms with van der Waals surface area (Å²) in [5.74, 6) is 0.944. The van der Waals surface area contributed by atoms with Crippen molar-refractivity contribution < 1.29 is 28.5 Å². The van der Waals surface area contributed by atoms with Crippen molar-refractivity contribution in [2.75, 3.05) is 28.4 Å². The predicted octanol–water partition coefficient (Wildman–Crippen LogP) is 2.75. The molecule has 0 aliphatic carbocycles. The molecular weight excluding hydrogens is 480 g/mol. The highest BCUT2D eigenvalue weighted by Gasteiger charge is 2.21. The van der Waals surface area contributed by atoms with Crippen molar-refractivity contribution in [2.45, 2.75) is 13.8 Å². The molecule has 0 bridgehead atoms. The molecule has 0 radical (unpaired) electrons. The van der Waals surface area contributed by atoms with Gasteiger partial charge in [-0.2, -0.15) is 10.2 Å². The van der Waals surface area contributed by atoms with E-state index in [0.29, 0.717) is 45.5 Å². The number of H-pyrrole nitrogens is 1. The van der Waals surface area contributed by atoms with Crippen LogP contribution < -0.4 is 29.8 Å². The van der Waals surface area contributed by atoms with Crippen LogP contribution in [0.1, 0.15) is 46.0 Å². The van der Waals surface area contributed by atoms with Crippen molar-refractivity contribution in [3.63, 3.8) is 0 Å². The third kappa shape index (κ3) is 6.23. The van der Waals surface area contributed by atoms with Crippen molar-refractivity contribution in [3.8, 4) is 23.0 Å². The summed E-state index contributed by atoms with van der Waals surface area (Å²) >= 11 is 0. The number of carbonyl (C=O) groups excluding carboxylic acids is 2. The number of hydrogen-bond donors (Lipinski definition) is 3. The summed E-state index contributed by atoms with van der Waals surface area (Å²) in [4.78, 5) is 32.1. The topological polar surface area (TPSA) is 149 Å². The van der Waals surface area contributed by atoms with Gasteiger partial charge in [0.2, 0.25) is 0 Å². The summed E-state index contributed by atoms with van der Waals surface area (Å²) in [7, 11) is 6.15. The lowest BCUT2D eigenvalue weighted by molar-refractivity contribution is 0.0915. The smallest absolute Gasteiger partial charge is 0.292 e. The van der Waals surface area contributed by atoms with E-state index in [1.54, 1.807) is 64.5 Å². The van der Waals surface area contributed by atoms with Crippen LogP contribution >= 0.6 is 0 Å². The zero-order valence-electron chi connectivity index (χ0n) is 21.3. The number of benzene rings is 2. The van der Waals surface area contributed by atoms with Crippen LogP contribution in [0.3, 0.4) is 0 Å². The maximum atomic E-state index is 12.7. The van der Waals surface area contributed by atoms with Crippen LogP contribution in [0.25, 0.3) is 0 Å². The fourth-order valence-electron chi connectivity index (χ4n) is 3.33. The summed E-state index contributed by atoms with van der Waals surface area (Å²) in [6, 6.07) is 10.4. The average molecular weight is 509 g/mol. The third-order valence-electron chi connectivity index (χ3n) is 5.33. The molecule has 12 heteroatoms. The van der Waals surface area contributed by atoms with Gasteiger partial charge < -0.3 is 23.9 Å². The maximum absolute atomic E-state index is 12.7. The number of hydrogen-bond acceptors (Lipinski definition) is 9. The largest absolute Gasteiger partial charge is 0.497 e.